The van der Waals surface area contributed by atoms with E-state index in [0.717, 1.165) is 31.5 Å². The summed E-state index contributed by atoms with van der Waals surface area (Å²) in [5, 5.41) is 3.02. The van der Waals surface area contributed by atoms with Gasteiger partial charge in [-0.25, -0.2) is 4.39 Å². The maximum absolute atomic E-state index is 12.9. The van der Waals surface area contributed by atoms with Crippen LogP contribution >= 0.6 is 0 Å². The zero-order chi connectivity index (χ0) is 15.2. The van der Waals surface area contributed by atoms with E-state index in [0.29, 0.717) is 6.04 Å². The minimum absolute atomic E-state index is 0.0339. The van der Waals surface area contributed by atoms with Crippen LogP contribution in [0, 0.1) is 5.82 Å². The van der Waals surface area contributed by atoms with Crippen LogP contribution in [0.15, 0.2) is 24.3 Å². The Morgan fingerprint density at radius 3 is 2.76 bits per heavy atom. The maximum atomic E-state index is 12.9. The molecule has 0 spiro atoms. The molecule has 4 heteroatoms. The molecule has 1 aliphatic rings. The van der Waals surface area contributed by atoms with Crippen molar-refractivity contribution in [3.8, 4) is 0 Å². The van der Waals surface area contributed by atoms with Crippen LogP contribution in [0.4, 0.5) is 4.39 Å². The van der Waals surface area contributed by atoms with Gasteiger partial charge in [0.15, 0.2) is 0 Å². The molecule has 1 heterocycles. The standard InChI is InChI=1S/C17H25FN2O/c1-13(19-14(2)21)17-5-3-4-11-20(17)12-10-15-6-8-16(18)9-7-15/h6-9,13,17H,3-5,10-12H2,1-2H3,(H,19,21). The zero-order valence-corrected chi connectivity index (χ0v) is 12.9. The van der Waals surface area contributed by atoms with Crippen LogP contribution in [0.1, 0.15) is 38.7 Å². The second kappa shape index (κ2) is 7.55. The number of hydrogen-bond acceptors (Lipinski definition) is 2. The highest BCUT2D eigenvalue weighted by atomic mass is 19.1. The fraction of sp³-hybridized carbons (Fsp3) is 0.588. The van der Waals surface area contributed by atoms with Crippen molar-refractivity contribution < 1.29 is 9.18 Å². The minimum atomic E-state index is -0.186. The van der Waals surface area contributed by atoms with E-state index >= 15 is 0 Å². The molecule has 21 heavy (non-hydrogen) atoms. The maximum Gasteiger partial charge on any atom is 0.217 e. The van der Waals surface area contributed by atoms with Crippen molar-refractivity contribution in [1.29, 1.82) is 0 Å². The molecule has 1 aromatic rings. The van der Waals surface area contributed by atoms with Crippen molar-refractivity contribution in [3.63, 3.8) is 0 Å². The number of halogens is 1. The predicted octanol–water partition coefficient (Wildman–Crippen LogP) is 2.75. The number of piperidine rings is 1. The number of amides is 1. The summed E-state index contributed by atoms with van der Waals surface area (Å²) in [5.41, 5.74) is 1.16. The van der Waals surface area contributed by atoms with Gasteiger partial charge in [-0.3, -0.25) is 9.69 Å². The molecule has 0 bridgehead atoms. The predicted molar refractivity (Wildman–Crippen MR) is 82.6 cm³/mol. The minimum Gasteiger partial charge on any atom is -0.352 e. The van der Waals surface area contributed by atoms with Crippen molar-refractivity contribution in [1.82, 2.24) is 10.2 Å². The van der Waals surface area contributed by atoms with Crippen LogP contribution in [0.25, 0.3) is 0 Å². The van der Waals surface area contributed by atoms with Crippen molar-refractivity contribution in [2.45, 2.75) is 51.6 Å². The summed E-state index contributed by atoms with van der Waals surface area (Å²) in [6.07, 6.45) is 4.49. The summed E-state index contributed by atoms with van der Waals surface area (Å²) >= 11 is 0. The van der Waals surface area contributed by atoms with E-state index in [1.54, 1.807) is 6.92 Å². The van der Waals surface area contributed by atoms with Gasteiger partial charge in [0.1, 0.15) is 5.82 Å². The molecular formula is C17H25FN2O. The van der Waals surface area contributed by atoms with E-state index < -0.39 is 0 Å². The molecule has 116 valence electrons. The van der Waals surface area contributed by atoms with Gasteiger partial charge in [-0.1, -0.05) is 18.6 Å². The van der Waals surface area contributed by atoms with E-state index in [2.05, 4.69) is 17.1 Å². The lowest BCUT2D eigenvalue weighted by atomic mass is 9.95. The number of nitrogens with one attached hydrogen (secondary N) is 1. The fourth-order valence-electron chi connectivity index (χ4n) is 3.20. The molecule has 2 atom stereocenters. The Morgan fingerprint density at radius 1 is 1.38 bits per heavy atom. The Kier molecular flexibility index (Phi) is 5.74. The van der Waals surface area contributed by atoms with Gasteiger partial charge in [0.05, 0.1) is 0 Å². The van der Waals surface area contributed by atoms with Gasteiger partial charge in [0.25, 0.3) is 0 Å². The number of carbonyl (C=O) groups excluding carboxylic acids is 1. The van der Waals surface area contributed by atoms with Crippen LogP contribution < -0.4 is 5.32 Å². The highest BCUT2D eigenvalue weighted by Crippen LogP contribution is 2.20. The Bertz CT molecular complexity index is 460. The third kappa shape index (κ3) is 4.81. The molecule has 0 aromatic heterocycles. The highest BCUT2D eigenvalue weighted by molar-refractivity contribution is 5.73. The van der Waals surface area contributed by atoms with Gasteiger partial charge in [-0.2, -0.15) is 0 Å². The van der Waals surface area contributed by atoms with Crippen molar-refractivity contribution in [3.05, 3.63) is 35.6 Å². The molecule has 0 radical (unpaired) electrons. The van der Waals surface area contributed by atoms with Gasteiger partial charge in [0.2, 0.25) is 5.91 Å². The van der Waals surface area contributed by atoms with Crippen LogP contribution in [-0.2, 0) is 11.2 Å². The summed E-state index contributed by atoms with van der Waals surface area (Å²) < 4.78 is 12.9. The second-order valence-electron chi connectivity index (χ2n) is 5.96. The van der Waals surface area contributed by atoms with E-state index in [1.165, 1.54) is 25.0 Å². The molecule has 0 saturated carbocycles. The molecule has 1 aromatic carbocycles. The van der Waals surface area contributed by atoms with Gasteiger partial charge < -0.3 is 5.32 Å². The Labute approximate surface area is 126 Å². The number of nitrogens with zero attached hydrogens (tertiary/aromatic N) is 1. The quantitative estimate of drug-likeness (QED) is 0.905. The van der Waals surface area contributed by atoms with Crippen molar-refractivity contribution in [2.24, 2.45) is 0 Å². The van der Waals surface area contributed by atoms with E-state index in [4.69, 9.17) is 0 Å². The van der Waals surface area contributed by atoms with Crippen LogP contribution in [0.3, 0.4) is 0 Å². The second-order valence-corrected chi connectivity index (χ2v) is 5.96. The molecule has 1 aliphatic heterocycles. The number of benzene rings is 1. The summed E-state index contributed by atoms with van der Waals surface area (Å²) in [7, 11) is 0. The lowest BCUT2D eigenvalue weighted by Crippen LogP contribution is -2.52. The van der Waals surface area contributed by atoms with Crippen LogP contribution in [0.5, 0.6) is 0 Å². The van der Waals surface area contributed by atoms with Gasteiger partial charge in [-0.05, 0) is 50.4 Å². The fourth-order valence-corrected chi connectivity index (χ4v) is 3.20. The lowest BCUT2D eigenvalue weighted by molar-refractivity contribution is -0.120. The monoisotopic (exact) mass is 292 g/mol. The van der Waals surface area contributed by atoms with Crippen molar-refractivity contribution >= 4 is 5.91 Å². The molecule has 3 nitrogen and oxygen atoms in total. The number of rotatable bonds is 5. The topological polar surface area (TPSA) is 32.3 Å². The molecule has 1 amide bonds. The van der Waals surface area contributed by atoms with E-state index in [-0.39, 0.29) is 17.8 Å². The van der Waals surface area contributed by atoms with Crippen LogP contribution in [-0.4, -0.2) is 36.0 Å². The van der Waals surface area contributed by atoms with Gasteiger partial charge in [-0.15, -0.1) is 0 Å². The first-order chi connectivity index (χ1) is 10.1. The van der Waals surface area contributed by atoms with Crippen molar-refractivity contribution in [2.75, 3.05) is 13.1 Å². The molecular weight excluding hydrogens is 267 g/mol. The van der Waals surface area contributed by atoms with Gasteiger partial charge in [0, 0.05) is 25.6 Å². The summed E-state index contributed by atoms with van der Waals surface area (Å²) in [5.74, 6) is -0.152. The van der Waals surface area contributed by atoms with E-state index in [1.807, 2.05) is 12.1 Å². The van der Waals surface area contributed by atoms with Gasteiger partial charge >= 0.3 is 0 Å². The first-order valence-electron chi connectivity index (χ1n) is 7.82. The zero-order valence-electron chi connectivity index (χ0n) is 12.9. The third-order valence-corrected chi connectivity index (χ3v) is 4.27. The Morgan fingerprint density at radius 2 is 2.10 bits per heavy atom. The summed E-state index contributed by atoms with van der Waals surface area (Å²) in [6, 6.07) is 7.32. The Balaban J connectivity index is 1.92. The summed E-state index contributed by atoms with van der Waals surface area (Å²) in [6.45, 7) is 5.69. The summed E-state index contributed by atoms with van der Waals surface area (Å²) in [4.78, 5) is 13.7. The molecule has 2 unspecified atom stereocenters. The molecule has 0 aliphatic carbocycles. The average molecular weight is 292 g/mol. The average Bonchev–Trinajstić information content (AvgIpc) is 2.46. The van der Waals surface area contributed by atoms with Crippen LogP contribution in [0.2, 0.25) is 0 Å². The number of carbonyl (C=O) groups is 1. The first kappa shape index (κ1) is 16.0. The SMILES string of the molecule is CC(=O)NC(C)C1CCCCN1CCc1ccc(F)cc1. The molecule has 1 N–H and O–H groups in total. The molecule has 2 rings (SSSR count). The normalized spacial score (nSPS) is 21.0. The number of hydrogen-bond donors (Lipinski definition) is 1. The third-order valence-electron chi connectivity index (χ3n) is 4.27. The molecule has 1 saturated heterocycles. The first-order valence-corrected chi connectivity index (χ1v) is 7.82. The lowest BCUT2D eigenvalue weighted by Gasteiger charge is -2.39. The molecule has 1 fully saturated rings. The Hall–Kier alpha value is -1.42. The largest absolute Gasteiger partial charge is 0.352 e. The number of likely N-dealkylation sites (tertiary alicyclic amines) is 1. The highest BCUT2D eigenvalue weighted by Gasteiger charge is 2.27. The van der Waals surface area contributed by atoms with E-state index in [9.17, 15) is 9.18 Å². The smallest absolute Gasteiger partial charge is 0.217 e.